The summed E-state index contributed by atoms with van der Waals surface area (Å²) in [4.78, 5) is 0. The van der Waals surface area contributed by atoms with E-state index < -0.39 is 0 Å². The molecule has 2 aromatic carbocycles. The van der Waals surface area contributed by atoms with E-state index >= 15 is 0 Å². The van der Waals surface area contributed by atoms with E-state index in [1.807, 2.05) is 0 Å². The average Bonchev–Trinajstić information content (AvgIpc) is 2.58. The Kier molecular flexibility index (Phi) is 5.46. The number of rotatable bonds is 5. The summed E-state index contributed by atoms with van der Waals surface area (Å²) < 4.78 is 0. The summed E-state index contributed by atoms with van der Waals surface area (Å²) in [6, 6.07) is 22.3. The van der Waals surface area contributed by atoms with Gasteiger partial charge in [0.1, 0.15) is 0 Å². The van der Waals surface area contributed by atoms with Crippen molar-refractivity contribution in [2.45, 2.75) is 38.5 Å². The topological polar surface area (TPSA) is 0 Å². The third-order valence-corrected chi connectivity index (χ3v) is 7.17. The maximum atomic E-state index is 2.32. The smallest absolute Gasteiger partial charge is 0.0195 e. The number of hydrogen-bond donors (Lipinski definition) is 0. The Hall–Kier alpha value is -1.13. The molecule has 110 valence electrons. The molecular formula is C20H25P. The molecule has 0 saturated heterocycles. The fraction of sp³-hybridized carbons (Fsp3) is 0.400. The first-order chi connectivity index (χ1) is 10.4. The average molecular weight is 296 g/mol. The van der Waals surface area contributed by atoms with Crippen LogP contribution in [-0.4, -0.2) is 6.16 Å². The summed E-state index contributed by atoms with van der Waals surface area (Å²) in [5.74, 6) is 0.983. The predicted molar refractivity (Wildman–Crippen MR) is 95.1 cm³/mol. The first-order valence-electron chi connectivity index (χ1n) is 8.31. The van der Waals surface area contributed by atoms with E-state index in [2.05, 4.69) is 60.7 Å². The Morgan fingerprint density at radius 3 is 1.76 bits per heavy atom. The van der Waals surface area contributed by atoms with E-state index in [4.69, 9.17) is 0 Å². The first-order valence-corrected chi connectivity index (χ1v) is 9.84. The quantitative estimate of drug-likeness (QED) is 0.674. The lowest BCUT2D eigenvalue weighted by Gasteiger charge is -2.25. The molecule has 2 aromatic rings. The third-order valence-electron chi connectivity index (χ3n) is 4.62. The monoisotopic (exact) mass is 296 g/mol. The van der Waals surface area contributed by atoms with Crippen LogP contribution in [0.2, 0.25) is 0 Å². The normalized spacial score (nSPS) is 16.2. The van der Waals surface area contributed by atoms with Gasteiger partial charge < -0.3 is 0 Å². The van der Waals surface area contributed by atoms with Gasteiger partial charge in [-0.3, -0.25) is 0 Å². The van der Waals surface area contributed by atoms with E-state index in [-0.39, 0.29) is 7.92 Å². The Bertz CT molecular complexity index is 475. The van der Waals surface area contributed by atoms with Crippen molar-refractivity contribution in [1.82, 2.24) is 0 Å². The molecule has 1 saturated carbocycles. The van der Waals surface area contributed by atoms with Gasteiger partial charge in [0.25, 0.3) is 0 Å². The van der Waals surface area contributed by atoms with Gasteiger partial charge >= 0.3 is 0 Å². The molecule has 0 amide bonds. The van der Waals surface area contributed by atoms with Crippen LogP contribution >= 0.6 is 7.92 Å². The van der Waals surface area contributed by atoms with Gasteiger partial charge in [-0.25, -0.2) is 0 Å². The summed E-state index contributed by atoms with van der Waals surface area (Å²) in [5.41, 5.74) is 0. The summed E-state index contributed by atoms with van der Waals surface area (Å²) >= 11 is 0. The van der Waals surface area contributed by atoms with Crippen molar-refractivity contribution >= 4 is 18.5 Å². The van der Waals surface area contributed by atoms with Crippen LogP contribution < -0.4 is 10.6 Å². The van der Waals surface area contributed by atoms with Crippen LogP contribution in [0.1, 0.15) is 38.5 Å². The molecule has 21 heavy (non-hydrogen) atoms. The molecule has 0 radical (unpaired) electrons. The zero-order chi connectivity index (χ0) is 14.3. The van der Waals surface area contributed by atoms with Crippen LogP contribution in [-0.2, 0) is 0 Å². The van der Waals surface area contributed by atoms with Gasteiger partial charge in [-0.15, -0.1) is 0 Å². The number of hydrogen-bond acceptors (Lipinski definition) is 0. The second-order valence-electron chi connectivity index (χ2n) is 6.12. The molecule has 1 aliphatic rings. The molecule has 0 N–H and O–H groups in total. The highest BCUT2D eigenvalue weighted by Crippen LogP contribution is 2.37. The lowest BCUT2D eigenvalue weighted by atomic mass is 9.88. The molecule has 0 spiro atoms. The molecule has 0 nitrogen and oxygen atoms in total. The number of benzene rings is 2. The van der Waals surface area contributed by atoms with Crippen molar-refractivity contribution in [3.8, 4) is 0 Å². The van der Waals surface area contributed by atoms with Crippen molar-refractivity contribution < 1.29 is 0 Å². The molecular weight excluding hydrogens is 271 g/mol. The standard InChI is InChI=1S/C20H25P/c1-4-10-18(11-5-1)16-17-21(19-12-6-2-7-13-19)20-14-8-3-9-15-20/h2-3,6-9,12-15,18H,1,4-5,10-11,16-17H2. The van der Waals surface area contributed by atoms with Gasteiger partial charge in [-0.2, -0.15) is 0 Å². The van der Waals surface area contributed by atoms with E-state index in [9.17, 15) is 0 Å². The van der Waals surface area contributed by atoms with Gasteiger partial charge in [-0.1, -0.05) is 92.8 Å². The largest absolute Gasteiger partial charge is 0.0622 e. The fourth-order valence-corrected chi connectivity index (χ4v) is 5.91. The maximum absolute atomic E-state index is 2.32. The molecule has 3 rings (SSSR count). The van der Waals surface area contributed by atoms with Gasteiger partial charge in [0.15, 0.2) is 0 Å². The second kappa shape index (κ2) is 7.76. The van der Waals surface area contributed by atoms with E-state index in [0.717, 1.165) is 5.92 Å². The van der Waals surface area contributed by atoms with E-state index in [1.165, 1.54) is 55.3 Å². The SMILES string of the molecule is c1ccc(P(CCC2CCCCC2)c2ccccc2)cc1. The molecule has 0 heterocycles. The van der Waals surface area contributed by atoms with Crippen LogP contribution in [0.25, 0.3) is 0 Å². The molecule has 1 fully saturated rings. The lowest BCUT2D eigenvalue weighted by molar-refractivity contribution is 0.351. The van der Waals surface area contributed by atoms with Gasteiger partial charge in [0.2, 0.25) is 0 Å². The zero-order valence-electron chi connectivity index (χ0n) is 12.7. The zero-order valence-corrected chi connectivity index (χ0v) is 13.6. The van der Waals surface area contributed by atoms with Gasteiger partial charge in [0.05, 0.1) is 0 Å². The molecule has 0 unspecified atom stereocenters. The maximum Gasteiger partial charge on any atom is -0.0195 e. The second-order valence-corrected chi connectivity index (χ2v) is 8.45. The summed E-state index contributed by atoms with van der Waals surface area (Å²) in [6.07, 6.45) is 10.1. The molecule has 0 aromatic heterocycles. The highest BCUT2D eigenvalue weighted by molar-refractivity contribution is 7.73. The minimum atomic E-state index is -0.176. The predicted octanol–water partition coefficient (Wildman–Crippen LogP) is 5.09. The van der Waals surface area contributed by atoms with Crippen molar-refractivity contribution in [3.05, 3.63) is 60.7 Å². The third kappa shape index (κ3) is 4.17. The molecule has 0 aliphatic heterocycles. The summed E-state index contributed by atoms with van der Waals surface area (Å²) in [6.45, 7) is 0. The minimum absolute atomic E-state index is 0.176. The molecule has 0 bridgehead atoms. The van der Waals surface area contributed by atoms with Crippen molar-refractivity contribution in [2.75, 3.05) is 6.16 Å². The highest BCUT2D eigenvalue weighted by Gasteiger charge is 2.18. The molecule has 1 aliphatic carbocycles. The van der Waals surface area contributed by atoms with Crippen LogP contribution in [0.4, 0.5) is 0 Å². The van der Waals surface area contributed by atoms with Gasteiger partial charge in [-0.05, 0) is 37.0 Å². The van der Waals surface area contributed by atoms with Crippen LogP contribution in [0, 0.1) is 5.92 Å². The van der Waals surface area contributed by atoms with E-state index in [1.54, 1.807) is 0 Å². The first kappa shape index (κ1) is 14.8. The summed E-state index contributed by atoms with van der Waals surface area (Å²) in [7, 11) is -0.176. The Morgan fingerprint density at radius 2 is 1.24 bits per heavy atom. The van der Waals surface area contributed by atoms with Crippen LogP contribution in [0.5, 0.6) is 0 Å². The highest BCUT2D eigenvalue weighted by atomic mass is 31.1. The summed E-state index contributed by atoms with van der Waals surface area (Å²) in [5, 5.41) is 3.07. The van der Waals surface area contributed by atoms with Gasteiger partial charge in [0, 0.05) is 0 Å². The molecule has 1 heteroatoms. The fourth-order valence-electron chi connectivity index (χ4n) is 3.41. The van der Waals surface area contributed by atoms with Crippen LogP contribution in [0.15, 0.2) is 60.7 Å². The lowest BCUT2D eigenvalue weighted by Crippen LogP contribution is -2.16. The molecule has 0 atom stereocenters. The Morgan fingerprint density at radius 1 is 0.714 bits per heavy atom. The van der Waals surface area contributed by atoms with E-state index in [0.29, 0.717) is 0 Å². The van der Waals surface area contributed by atoms with Crippen molar-refractivity contribution in [2.24, 2.45) is 5.92 Å². The minimum Gasteiger partial charge on any atom is -0.0622 e. The van der Waals surface area contributed by atoms with Crippen LogP contribution in [0.3, 0.4) is 0 Å². The van der Waals surface area contributed by atoms with Crippen molar-refractivity contribution in [1.29, 1.82) is 0 Å². The Labute approximate surface area is 130 Å². The van der Waals surface area contributed by atoms with Crippen molar-refractivity contribution in [3.63, 3.8) is 0 Å². The Balaban J connectivity index is 1.73.